The molecule has 0 spiro atoms. The first-order valence-electron chi connectivity index (χ1n) is 11.6. The fraction of sp³-hybridized carbons (Fsp3) is 0.154. The number of methoxy groups -OCH3 is 1. The van der Waals surface area contributed by atoms with E-state index in [9.17, 15) is 18.9 Å². The fourth-order valence-electron chi connectivity index (χ4n) is 3.88. The summed E-state index contributed by atoms with van der Waals surface area (Å²) in [6.07, 6.45) is 2.03. The Morgan fingerprint density at radius 3 is 2.26 bits per heavy atom. The molecule has 13 heteroatoms. The van der Waals surface area contributed by atoms with Crippen LogP contribution in [0.4, 0.5) is 28.8 Å². The Labute approximate surface area is 226 Å². The summed E-state index contributed by atoms with van der Waals surface area (Å²) in [6, 6.07) is 17.8. The van der Waals surface area contributed by atoms with E-state index in [1.165, 1.54) is 24.3 Å². The van der Waals surface area contributed by atoms with Gasteiger partial charge in [-0.3, -0.25) is 14.3 Å². The fourth-order valence-corrected chi connectivity index (χ4v) is 4.24. The van der Waals surface area contributed by atoms with E-state index in [1.807, 2.05) is 17.0 Å². The smallest absolute Gasteiger partial charge is 0.269 e. The van der Waals surface area contributed by atoms with Crippen LogP contribution in [0.15, 0.2) is 77.8 Å². The highest BCUT2D eigenvalue weighted by Gasteiger charge is 2.14. The summed E-state index contributed by atoms with van der Waals surface area (Å²) in [4.78, 5) is 20.6. The van der Waals surface area contributed by atoms with Crippen LogP contribution in [0.5, 0.6) is 11.5 Å². The number of nitrogens with two attached hydrogens (primary N) is 2. The molecule has 39 heavy (non-hydrogen) atoms. The molecule has 1 atom stereocenters. The summed E-state index contributed by atoms with van der Waals surface area (Å²) in [7, 11) is 1.54. The van der Waals surface area contributed by atoms with Gasteiger partial charge in [0.1, 0.15) is 12.4 Å². The molecule has 0 saturated carbocycles. The second-order valence-electron chi connectivity index (χ2n) is 8.30. The lowest BCUT2D eigenvalue weighted by Crippen LogP contribution is -2.23. The Kier molecular flexibility index (Phi) is 8.53. The molecule has 0 aliphatic carbocycles. The normalized spacial score (nSPS) is 11.5. The number of rotatable bonds is 11. The van der Waals surface area contributed by atoms with Crippen LogP contribution in [0.1, 0.15) is 11.1 Å². The molecule has 4 rings (SSSR count). The Morgan fingerprint density at radius 1 is 1.00 bits per heavy atom. The molecule has 0 aliphatic heterocycles. The van der Waals surface area contributed by atoms with Gasteiger partial charge in [0, 0.05) is 46.6 Å². The SMILES string of the molecule is COc1ccc(Cc2cnc(N)nc2N)cc1OCCN(c1ccc([N+](=O)[O-])cc1)c1ccc(S(=O)[O-])cc1. The van der Waals surface area contributed by atoms with Gasteiger partial charge in [-0.25, -0.2) is 4.98 Å². The van der Waals surface area contributed by atoms with Crippen molar-refractivity contribution in [2.75, 3.05) is 36.6 Å². The van der Waals surface area contributed by atoms with Crippen LogP contribution in [0, 0.1) is 10.1 Å². The van der Waals surface area contributed by atoms with Crippen LogP contribution < -0.4 is 25.8 Å². The van der Waals surface area contributed by atoms with E-state index in [2.05, 4.69) is 9.97 Å². The van der Waals surface area contributed by atoms with E-state index in [1.54, 1.807) is 43.6 Å². The van der Waals surface area contributed by atoms with Gasteiger partial charge in [0.05, 0.1) is 18.6 Å². The maximum atomic E-state index is 11.3. The minimum Gasteiger partial charge on any atom is -0.768 e. The van der Waals surface area contributed by atoms with Crippen LogP contribution in [0.2, 0.25) is 0 Å². The summed E-state index contributed by atoms with van der Waals surface area (Å²) in [6.45, 7) is 0.545. The third-order valence-electron chi connectivity index (χ3n) is 5.82. The summed E-state index contributed by atoms with van der Waals surface area (Å²) in [5, 5.41) is 11.1. The Balaban J connectivity index is 1.55. The number of non-ortho nitro benzene ring substituents is 1. The molecule has 0 bridgehead atoms. The predicted molar refractivity (Wildman–Crippen MR) is 146 cm³/mol. The molecule has 0 radical (unpaired) electrons. The van der Waals surface area contributed by atoms with Crippen molar-refractivity contribution >= 4 is 39.9 Å². The molecule has 1 unspecified atom stereocenters. The first kappa shape index (κ1) is 27.3. The number of nitro benzene ring substituents is 1. The summed E-state index contributed by atoms with van der Waals surface area (Å²) >= 11 is -2.36. The van der Waals surface area contributed by atoms with Crippen molar-refractivity contribution in [2.24, 2.45) is 0 Å². The number of nitrogens with zero attached hydrogens (tertiary/aromatic N) is 4. The van der Waals surface area contributed by atoms with Crippen molar-refractivity contribution in [1.29, 1.82) is 0 Å². The molecular weight excluding hydrogens is 524 g/mol. The summed E-state index contributed by atoms with van der Waals surface area (Å²) in [5.41, 5.74) is 14.5. The van der Waals surface area contributed by atoms with E-state index in [0.29, 0.717) is 47.2 Å². The van der Waals surface area contributed by atoms with Gasteiger partial charge in [0.25, 0.3) is 5.69 Å². The molecular formula is C26H25N6O6S-. The van der Waals surface area contributed by atoms with Gasteiger partial charge in [-0.05, 0) is 65.2 Å². The molecule has 0 aliphatic rings. The van der Waals surface area contributed by atoms with Crippen LogP contribution in [-0.4, -0.2) is 43.9 Å². The Morgan fingerprint density at radius 2 is 1.67 bits per heavy atom. The second-order valence-corrected chi connectivity index (χ2v) is 9.24. The number of benzene rings is 3. The first-order valence-corrected chi connectivity index (χ1v) is 12.7. The van der Waals surface area contributed by atoms with Crippen molar-refractivity contribution in [3.05, 3.63) is 94.2 Å². The van der Waals surface area contributed by atoms with E-state index in [0.717, 1.165) is 5.56 Å². The maximum Gasteiger partial charge on any atom is 0.269 e. The lowest BCUT2D eigenvalue weighted by Gasteiger charge is -2.25. The molecule has 1 heterocycles. The van der Waals surface area contributed by atoms with Crippen LogP contribution in [0.25, 0.3) is 0 Å². The molecule has 0 amide bonds. The van der Waals surface area contributed by atoms with Crippen molar-refractivity contribution in [3.8, 4) is 11.5 Å². The molecule has 1 aromatic heterocycles. The van der Waals surface area contributed by atoms with Crippen LogP contribution in [-0.2, 0) is 17.5 Å². The number of hydrogen-bond acceptors (Lipinski definition) is 11. The molecule has 0 saturated heterocycles. The van der Waals surface area contributed by atoms with Gasteiger partial charge < -0.3 is 30.4 Å². The lowest BCUT2D eigenvalue weighted by molar-refractivity contribution is -0.384. The zero-order chi connectivity index (χ0) is 27.9. The summed E-state index contributed by atoms with van der Waals surface area (Å²) < 4.78 is 34.1. The monoisotopic (exact) mass is 549 g/mol. The number of ether oxygens (including phenoxy) is 2. The predicted octanol–water partition coefficient (Wildman–Crippen LogP) is 3.60. The number of nitrogen functional groups attached to an aromatic ring is 2. The molecule has 0 fully saturated rings. The second kappa shape index (κ2) is 12.2. The topological polar surface area (TPSA) is 183 Å². The van der Waals surface area contributed by atoms with Crippen LogP contribution in [0.3, 0.4) is 0 Å². The van der Waals surface area contributed by atoms with E-state index < -0.39 is 16.0 Å². The van der Waals surface area contributed by atoms with Gasteiger partial charge in [-0.1, -0.05) is 6.07 Å². The van der Waals surface area contributed by atoms with Gasteiger partial charge >= 0.3 is 0 Å². The minimum atomic E-state index is -2.36. The zero-order valence-electron chi connectivity index (χ0n) is 20.9. The highest BCUT2D eigenvalue weighted by Crippen LogP contribution is 2.31. The van der Waals surface area contributed by atoms with Crippen molar-refractivity contribution in [3.63, 3.8) is 0 Å². The van der Waals surface area contributed by atoms with Crippen LogP contribution >= 0.6 is 0 Å². The van der Waals surface area contributed by atoms with Crippen molar-refractivity contribution in [2.45, 2.75) is 11.3 Å². The highest BCUT2D eigenvalue weighted by molar-refractivity contribution is 7.79. The Bertz CT molecular complexity index is 1430. The number of anilines is 4. The first-order chi connectivity index (χ1) is 18.7. The number of aromatic nitrogens is 2. The molecule has 3 aromatic carbocycles. The maximum absolute atomic E-state index is 11.3. The molecule has 12 nitrogen and oxygen atoms in total. The average Bonchev–Trinajstić information content (AvgIpc) is 2.93. The third-order valence-corrected chi connectivity index (χ3v) is 6.48. The van der Waals surface area contributed by atoms with E-state index in [4.69, 9.17) is 20.9 Å². The van der Waals surface area contributed by atoms with Gasteiger partial charge in [0.2, 0.25) is 5.95 Å². The molecule has 4 aromatic rings. The molecule has 4 N–H and O–H groups in total. The van der Waals surface area contributed by atoms with Crippen molar-refractivity contribution in [1.82, 2.24) is 9.97 Å². The number of nitro groups is 1. The minimum absolute atomic E-state index is 0.0410. The molecule has 202 valence electrons. The van der Waals surface area contributed by atoms with Crippen molar-refractivity contribution < 1.29 is 23.2 Å². The van der Waals surface area contributed by atoms with Gasteiger partial charge in [-0.15, -0.1) is 0 Å². The number of hydrogen-bond donors (Lipinski definition) is 2. The average molecular weight is 550 g/mol. The largest absolute Gasteiger partial charge is 0.768 e. The summed E-state index contributed by atoms with van der Waals surface area (Å²) in [5.74, 6) is 1.44. The quantitative estimate of drug-likeness (QED) is 0.158. The Hall–Kier alpha value is -4.75. The van der Waals surface area contributed by atoms with Gasteiger partial charge in [0.15, 0.2) is 11.5 Å². The zero-order valence-corrected chi connectivity index (χ0v) is 21.7. The van der Waals surface area contributed by atoms with E-state index >= 15 is 0 Å². The lowest BCUT2D eigenvalue weighted by atomic mass is 10.1. The van der Waals surface area contributed by atoms with Gasteiger partial charge in [-0.2, -0.15) is 4.98 Å². The van der Waals surface area contributed by atoms with E-state index in [-0.39, 0.29) is 23.1 Å². The highest BCUT2D eigenvalue weighted by atomic mass is 32.2. The standard InChI is InChI=1S/C26H26N6O6S/c1-37-23-11-2-17(14-18-16-29-26(28)30-25(18)27)15-24(23)38-13-12-31(19-3-5-21(6-4-19)32(33)34)20-7-9-22(10-8-20)39(35)36/h2-11,15-16H,12-14H2,1H3,(H,35,36)(H4,27,28,29,30)/p-1. The third kappa shape index (κ3) is 6.77.